The molecule has 170 valence electrons. The minimum atomic E-state index is -0.164. The number of carbonyl (C=O) groups is 1. The van der Waals surface area contributed by atoms with Gasteiger partial charge >= 0.3 is 0 Å². The van der Waals surface area contributed by atoms with Crippen molar-refractivity contribution in [2.45, 2.75) is 30.6 Å². The Bertz CT molecular complexity index is 1220. The Hall–Kier alpha value is -2.66. The Labute approximate surface area is 203 Å². The van der Waals surface area contributed by atoms with Crippen LogP contribution < -0.4 is 5.32 Å². The molecule has 0 spiro atoms. The van der Waals surface area contributed by atoms with Crippen LogP contribution in [0.5, 0.6) is 0 Å². The predicted molar refractivity (Wildman–Crippen MR) is 129 cm³/mol. The lowest BCUT2D eigenvalue weighted by atomic mass is 10.2. The minimum absolute atomic E-state index is 0.101. The molecule has 3 aromatic heterocycles. The van der Waals surface area contributed by atoms with Gasteiger partial charge in [0.2, 0.25) is 11.7 Å². The molecule has 1 aliphatic heterocycles. The molecule has 0 aliphatic carbocycles. The summed E-state index contributed by atoms with van der Waals surface area (Å²) in [5, 5.41) is 15.2. The molecule has 1 fully saturated rings. The molecule has 1 aliphatic rings. The van der Waals surface area contributed by atoms with Gasteiger partial charge in [-0.3, -0.25) is 9.36 Å². The zero-order valence-corrected chi connectivity index (χ0v) is 19.8. The molecule has 1 saturated heterocycles. The van der Waals surface area contributed by atoms with Crippen LogP contribution in [0.15, 0.2) is 57.6 Å². The maximum Gasteiger partial charge on any atom is 0.236 e. The molecule has 33 heavy (non-hydrogen) atoms. The van der Waals surface area contributed by atoms with Crippen LogP contribution in [0.2, 0.25) is 5.02 Å². The molecule has 8 nitrogen and oxygen atoms in total. The number of nitrogens with zero attached hydrogens (tertiary/aromatic N) is 4. The Balaban J connectivity index is 1.24. The fourth-order valence-electron chi connectivity index (χ4n) is 3.51. The Morgan fingerprint density at radius 1 is 1.27 bits per heavy atom. The smallest absolute Gasteiger partial charge is 0.236 e. The first kappa shape index (κ1) is 22.1. The molecule has 0 saturated carbocycles. The molecule has 1 amide bonds. The summed E-state index contributed by atoms with van der Waals surface area (Å²) in [7, 11) is 0. The van der Waals surface area contributed by atoms with Gasteiger partial charge in [0.05, 0.1) is 30.4 Å². The summed E-state index contributed by atoms with van der Waals surface area (Å²) >= 11 is 8.65. The number of ether oxygens (including phenoxy) is 1. The van der Waals surface area contributed by atoms with Gasteiger partial charge in [-0.2, -0.15) is 0 Å². The third-order valence-corrected chi connectivity index (χ3v) is 7.07. The average molecular weight is 502 g/mol. The number of nitrogens with one attached hydrogen (secondary N) is 1. The Morgan fingerprint density at radius 3 is 2.91 bits per heavy atom. The number of carbonyl (C=O) groups excluding carboxylic acids is 1. The summed E-state index contributed by atoms with van der Waals surface area (Å²) in [4.78, 5) is 17.1. The van der Waals surface area contributed by atoms with Crippen molar-refractivity contribution in [1.82, 2.24) is 19.7 Å². The molecule has 1 unspecified atom stereocenters. The fourth-order valence-corrected chi connectivity index (χ4v) is 5.12. The van der Waals surface area contributed by atoms with Crippen LogP contribution in [0.4, 0.5) is 5.13 Å². The number of hydrogen-bond donors (Lipinski definition) is 1. The van der Waals surface area contributed by atoms with Crippen molar-refractivity contribution in [3.63, 3.8) is 0 Å². The van der Waals surface area contributed by atoms with E-state index in [2.05, 4.69) is 20.5 Å². The standard InChI is InChI=1S/C22H20ClN5O3S2/c23-15-7-5-14(6-8-15)17-12-32-21(24-17)25-19(29)13-33-22-27-26-20(18-4-2-10-31-18)28(22)11-16-3-1-9-30-16/h2,4-8,10,12,16H,1,3,9,11,13H2,(H,24,25,29). The maximum atomic E-state index is 12.6. The molecule has 4 aromatic rings. The summed E-state index contributed by atoms with van der Waals surface area (Å²) in [5.41, 5.74) is 1.73. The van der Waals surface area contributed by atoms with E-state index < -0.39 is 0 Å². The number of benzene rings is 1. The molecule has 0 bridgehead atoms. The Kier molecular flexibility index (Phi) is 6.77. The van der Waals surface area contributed by atoms with Gasteiger partial charge in [-0.1, -0.05) is 35.5 Å². The zero-order chi connectivity index (χ0) is 22.6. The number of rotatable bonds is 8. The first-order chi connectivity index (χ1) is 16.2. The van der Waals surface area contributed by atoms with Gasteiger partial charge in [-0.05, 0) is 37.1 Å². The van der Waals surface area contributed by atoms with Crippen LogP contribution in [-0.2, 0) is 16.1 Å². The van der Waals surface area contributed by atoms with Crippen molar-refractivity contribution in [3.8, 4) is 22.8 Å². The van der Waals surface area contributed by atoms with E-state index in [9.17, 15) is 4.79 Å². The number of furan rings is 1. The van der Waals surface area contributed by atoms with Crippen LogP contribution in [0, 0.1) is 0 Å². The highest BCUT2D eigenvalue weighted by Crippen LogP contribution is 2.28. The van der Waals surface area contributed by atoms with Gasteiger partial charge in [0.1, 0.15) is 0 Å². The third-order valence-electron chi connectivity index (χ3n) is 5.09. The van der Waals surface area contributed by atoms with Crippen LogP contribution in [0.1, 0.15) is 12.8 Å². The number of halogens is 1. The molecule has 11 heteroatoms. The van der Waals surface area contributed by atoms with E-state index in [1.807, 2.05) is 46.3 Å². The zero-order valence-electron chi connectivity index (χ0n) is 17.4. The number of hydrogen-bond acceptors (Lipinski definition) is 8. The van der Waals surface area contributed by atoms with Crippen LogP contribution >= 0.6 is 34.7 Å². The number of thiazole rings is 1. The fraction of sp³-hybridized carbons (Fsp3) is 0.273. The molecule has 0 radical (unpaired) electrons. The molecule has 1 N–H and O–H groups in total. The van der Waals surface area contributed by atoms with E-state index >= 15 is 0 Å². The van der Waals surface area contributed by atoms with Gasteiger partial charge in [0.15, 0.2) is 16.0 Å². The Morgan fingerprint density at radius 2 is 2.15 bits per heavy atom. The van der Waals surface area contributed by atoms with Gasteiger partial charge in [-0.25, -0.2) is 4.98 Å². The van der Waals surface area contributed by atoms with Crippen LogP contribution in [0.25, 0.3) is 22.8 Å². The number of amides is 1. The summed E-state index contributed by atoms with van der Waals surface area (Å²) < 4.78 is 13.3. The van der Waals surface area contributed by atoms with Gasteiger partial charge in [-0.15, -0.1) is 21.5 Å². The highest BCUT2D eigenvalue weighted by atomic mass is 35.5. The molecule has 1 atom stereocenters. The van der Waals surface area contributed by atoms with E-state index in [-0.39, 0.29) is 17.8 Å². The van der Waals surface area contributed by atoms with Crippen molar-refractivity contribution in [2.75, 3.05) is 17.7 Å². The van der Waals surface area contributed by atoms with Crippen LogP contribution in [-0.4, -0.2) is 44.1 Å². The number of aromatic nitrogens is 4. The summed E-state index contributed by atoms with van der Waals surface area (Å²) in [5.74, 6) is 1.28. The van der Waals surface area contributed by atoms with E-state index in [1.165, 1.54) is 23.1 Å². The second-order valence-electron chi connectivity index (χ2n) is 7.41. The second kappa shape index (κ2) is 10.1. The average Bonchev–Trinajstić information content (AvgIpc) is 3.61. The second-order valence-corrected chi connectivity index (χ2v) is 9.65. The molecular weight excluding hydrogens is 482 g/mol. The van der Waals surface area contributed by atoms with E-state index in [0.29, 0.717) is 33.4 Å². The van der Waals surface area contributed by atoms with Gasteiger partial charge in [0, 0.05) is 22.6 Å². The first-order valence-corrected chi connectivity index (χ1v) is 12.6. The normalized spacial score (nSPS) is 15.7. The molecular formula is C22H20ClN5O3S2. The topological polar surface area (TPSA) is 95.1 Å². The molecule has 5 rings (SSSR count). The van der Waals surface area contributed by atoms with E-state index in [1.54, 1.807) is 6.26 Å². The lowest BCUT2D eigenvalue weighted by Crippen LogP contribution is -2.18. The van der Waals surface area contributed by atoms with E-state index in [4.69, 9.17) is 20.8 Å². The largest absolute Gasteiger partial charge is 0.461 e. The summed E-state index contributed by atoms with van der Waals surface area (Å²) in [6.07, 6.45) is 3.73. The van der Waals surface area contributed by atoms with E-state index in [0.717, 1.165) is 30.7 Å². The third kappa shape index (κ3) is 5.30. The highest BCUT2D eigenvalue weighted by molar-refractivity contribution is 7.99. The minimum Gasteiger partial charge on any atom is -0.461 e. The monoisotopic (exact) mass is 501 g/mol. The summed E-state index contributed by atoms with van der Waals surface area (Å²) in [6, 6.07) is 11.1. The van der Waals surface area contributed by atoms with Crippen molar-refractivity contribution in [3.05, 3.63) is 53.1 Å². The number of anilines is 1. The highest BCUT2D eigenvalue weighted by Gasteiger charge is 2.23. The lowest BCUT2D eigenvalue weighted by molar-refractivity contribution is -0.113. The van der Waals surface area contributed by atoms with Crippen molar-refractivity contribution < 1.29 is 13.9 Å². The molecule has 4 heterocycles. The molecule has 1 aromatic carbocycles. The van der Waals surface area contributed by atoms with Crippen molar-refractivity contribution in [1.29, 1.82) is 0 Å². The van der Waals surface area contributed by atoms with Gasteiger partial charge < -0.3 is 14.5 Å². The number of thioether (sulfide) groups is 1. The quantitative estimate of drug-likeness (QED) is 0.330. The first-order valence-electron chi connectivity index (χ1n) is 10.4. The van der Waals surface area contributed by atoms with Crippen molar-refractivity contribution in [2.24, 2.45) is 0 Å². The predicted octanol–water partition coefficient (Wildman–Crippen LogP) is 5.22. The van der Waals surface area contributed by atoms with Crippen molar-refractivity contribution >= 4 is 45.7 Å². The lowest BCUT2D eigenvalue weighted by Gasteiger charge is -2.13. The SMILES string of the molecule is O=C(CSc1nnc(-c2ccco2)n1CC1CCCO1)Nc1nc(-c2ccc(Cl)cc2)cs1. The maximum absolute atomic E-state index is 12.6. The van der Waals surface area contributed by atoms with Gasteiger partial charge in [0.25, 0.3) is 0 Å². The summed E-state index contributed by atoms with van der Waals surface area (Å²) in [6.45, 7) is 1.38. The van der Waals surface area contributed by atoms with Crippen LogP contribution in [0.3, 0.4) is 0 Å².